The van der Waals surface area contributed by atoms with Crippen LogP contribution in [-0.2, 0) is 0 Å². The number of guanidine groups is 1. The summed E-state index contributed by atoms with van der Waals surface area (Å²) >= 11 is 0. The number of methoxy groups -OCH3 is 2. The monoisotopic (exact) mass is 293 g/mol. The zero-order chi connectivity index (χ0) is 15.7. The van der Waals surface area contributed by atoms with Crippen LogP contribution in [0.25, 0.3) is 0 Å². The van der Waals surface area contributed by atoms with E-state index in [-0.39, 0.29) is 0 Å². The van der Waals surface area contributed by atoms with Crippen LogP contribution in [0.15, 0.2) is 23.2 Å². The average molecular weight is 293 g/mol. The van der Waals surface area contributed by atoms with Crippen LogP contribution in [0, 0.1) is 5.92 Å². The average Bonchev–Trinajstić information content (AvgIpc) is 2.46. The molecule has 1 rings (SSSR count). The Hall–Kier alpha value is -1.91. The summed E-state index contributed by atoms with van der Waals surface area (Å²) in [6.07, 6.45) is 1.07. The molecule has 0 aliphatic carbocycles. The van der Waals surface area contributed by atoms with Gasteiger partial charge in [-0.2, -0.15) is 0 Å². The second-order valence-corrected chi connectivity index (χ2v) is 5.14. The fourth-order valence-corrected chi connectivity index (χ4v) is 1.79. The van der Waals surface area contributed by atoms with Crippen molar-refractivity contribution in [1.29, 1.82) is 0 Å². The maximum absolute atomic E-state index is 5.31. The van der Waals surface area contributed by atoms with Crippen LogP contribution >= 0.6 is 0 Å². The lowest BCUT2D eigenvalue weighted by Crippen LogP contribution is -2.30. The number of nitrogens with one attached hydrogen (secondary N) is 2. The molecule has 118 valence electrons. The molecule has 0 bridgehead atoms. The lowest BCUT2D eigenvalue weighted by molar-refractivity contribution is 0.355. The van der Waals surface area contributed by atoms with Gasteiger partial charge >= 0.3 is 0 Å². The maximum Gasteiger partial charge on any atom is 0.195 e. The largest absolute Gasteiger partial charge is 0.493 e. The summed E-state index contributed by atoms with van der Waals surface area (Å²) in [5, 5.41) is 6.52. The number of nitrogens with zero attached hydrogens (tertiary/aromatic N) is 1. The van der Waals surface area contributed by atoms with Gasteiger partial charge in [0.15, 0.2) is 17.5 Å². The first-order valence-corrected chi connectivity index (χ1v) is 7.38. The summed E-state index contributed by atoms with van der Waals surface area (Å²) < 4.78 is 10.5. The van der Waals surface area contributed by atoms with Gasteiger partial charge in [-0.05, 0) is 31.4 Å². The quantitative estimate of drug-likeness (QED) is 0.599. The molecule has 0 spiro atoms. The highest BCUT2D eigenvalue weighted by molar-refractivity contribution is 5.93. The normalized spacial score (nSPS) is 11.4. The van der Waals surface area contributed by atoms with Crippen molar-refractivity contribution in [2.45, 2.75) is 27.2 Å². The fourth-order valence-electron chi connectivity index (χ4n) is 1.79. The first kappa shape index (κ1) is 17.1. The predicted octanol–water partition coefficient (Wildman–Crippen LogP) is 3.13. The van der Waals surface area contributed by atoms with E-state index in [0.29, 0.717) is 17.4 Å². The molecule has 2 N–H and O–H groups in total. The van der Waals surface area contributed by atoms with Crippen molar-refractivity contribution < 1.29 is 9.47 Å². The second kappa shape index (κ2) is 9.10. The van der Waals surface area contributed by atoms with Gasteiger partial charge in [0.1, 0.15) is 0 Å². The van der Waals surface area contributed by atoms with Crippen molar-refractivity contribution in [3.8, 4) is 11.5 Å². The topological polar surface area (TPSA) is 54.9 Å². The summed E-state index contributed by atoms with van der Waals surface area (Å²) in [5.41, 5.74) is 0.914. The van der Waals surface area contributed by atoms with Crippen molar-refractivity contribution in [2.75, 3.05) is 32.6 Å². The van der Waals surface area contributed by atoms with Gasteiger partial charge in [-0.3, -0.25) is 4.99 Å². The number of rotatable bonds is 7. The second-order valence-electron chi connectivity index (χ2n) is 5.14. The third-order valence-electron chi connectivity index (χ3n) is 2.97. The van der Waals surface area contributed by atoms with Gasteiger partial charge in [-0.15, -0.1) is 0 Å². The molecule has 0 fully saturated rings. The van der Waals surface area contributed by atoms with Crippen LogP contribution in [0.4, 0.5) is 5.69 Å². The molecule has 0 saturated heterocycles. The fraction of sp³-hybridized carbons (Fsp3) is 0.562. The molecule has 0 saturated carbocycles. The van der Waals surface area contributed by atoms with E-state index in [1.54, 1.807) is 14.2 Å². The van der Waals surface area contributed by atoms with E-state index in [9.17, 15) is 0 Å². The first-order valence-electron chi connectivity index (χ1n) is 7.38. The Labute approximate surface area is 127 Å². The molecule has 1 aromatic carbocycles. The zero-order valence-corrected chi connectivity index (χ0v) is 13.7. The van der Waals surface area contributed by atoms with E-state index in [2.05, 4.69) is 29.5 Å². The van der Waals surface area contributed by atoms with Crippen LogP contribution in [0.5, 0.6) is 11.5 Å². The Balaban J connectivity index is 2.78. The summed E-state index contributed by atoms with van der Waals surface area (Å²) in [4.78, 5) is 4.57. The van der Waals surface area contributed by atoms with Gasteiger partial charge in [0.2, 0.25) is 0 Å². The number of aliphatic imine (C=N–C) groups is 1. The number of ether oxygens (including phenoxy) is 2. The van der Waals surface area contributed by atoms with Gasteiger partial charge in [0.05, 0.1) is 14.2 Å². The molecule has 21 heavy (non-hydrogen) atoms. The van der Waals surface area contributed by atoms with Crippen LogP contribution in [-0.4, -0.2) is 33.3 Å². The van der Waals surface area contributed by atoms with Crippen LogP contribution < -0.4 is 20.1 Å². The van der Waals surface area contributed by atoms with Gasteiger partial charge in [0, 0.05) is 24.8 Å². The van der Waals surface area contributed by atoms with Crippen molar-refractivity contribution >= 4 is 11.6 Å². The van der Waals surface area contributed by atoms with Crippen molar-refractivity contribution in [2.24, 2.45) is 10.9 Å². The minimum Gasteiger partial charge on any atom is -0.493 e. The molecule has 0 radical (unpaired) electrons. The molecule has 1 aromatic rings. The van der Waals surface area contributed by atoms with Crippen molar-refractivity contribution in [3.05, 3.63) is 18.2 Å². The van der Waals surface area contributed by atoms with Gasteiger partial charge in [0.25, 0.3) is 0 Å². The lowest BCUT2D eigenvalue weighted by atomic mass is 10.1. The standard InChI is InChI=1S/C16H27N3O2/c1-6-17-16(18-10-9-12(2)3)19-13-7-8-14(20-4)15(11-13)21-5/h7-8,11-12H,6,9-10H2,1-5H3,(H2,17,18,19). The Bertz CT molecular complexity index is 459. The Morgan fingerprint density at radius 1 is 1.19 bits per heavy atom. The first-order chi connectivity index (χ1) is 10.1. The Morgan fingerprint density at radius 3 is 2.48 bits per heavy atom. The number of hydrogen-bond acceptors (Lipinski definition) is 3. The predicted molar refractivity (Wildman–Crippen MR) is 88.6 cm³/mol. The van der Waals surface area contributed by atoms with E-state index in [1.807, 2.05) is 25.1 Å². The summed E-state index contributed by atoms with van der Waals surface area (Å²) in [7, 11) is 3.26. The molecular weight excluding hydrogens is 266 g/mol. The maximum atomic E-state index is 5.31. The SMILES string of the molecule is CCNC(=NCCC(C)C)Nc1ccc(OC)c(OC)c1. The molecular formula is C16H27N3O2. The van der Waals surface area contributed by atoms with E-state index >= 15 is 0 Å². The Kier molecular flexibility index (Phi) is 7.43. The molecule has 0 aliphatic rings. The van der Waals surface area contributed by atoms with E-state index in [4.69, 9.17) is 9.47 Å². The molecule has 0 aliphatic heterocycles. The third kappa shape index (κ3) is 5.94. The summed E-state index contributed by atoms with van der Waals surface area (Å²) in [5.74, 6) is 2.84. The highest BCUT2D eigenvalue weighted by atomic mass is 16.5. The molecule has 0 unspecified atom stereocenters. The number of hydrogen-bond donors (Lipinski definition) is 2. The highest BCUT2D eigenvalue weighted by Crippen LogP contribution is 2.29. The van der Waals surface area contributed by atoms with Gasteiger partial charge < -0.3 is 20.1 Å². The van der Waals surface area contributed by atoms with E-state index in [1.165, 1.54) is 0 Å². The van der Waals surface area contributed by atoms with Crippen molar-refractivity contribution in [1.82, 2.24) is 5.32 Å². The highest BCUT2D eigenvalue weighted by Gasteiger charge is 2.06. The van der Waals surface area contributed by atoms with E-state index < -0.39 is 0 Å². The molecule has 0 amide bonds. The van der Waals surface area contributed by atoms with Crippen LogP contribution in [0.3, 0.4) is 0 Å². The minimum atomic E-state index is 0.651. The summed E-state index contributed by atoms with van der Waals surface area (Å²) in [6, 6.07) is 5.71. The molecule has 0 atom stereocenters. The molecule has 0 heterocycles. The molecule has 5 heteroatoms. The third-order valence-corrected chi connectivity index (χ3v) is 2.97. The van der Waals surface area contributed by atoms with Gasteiger partial charge in [-0.1, -0.05) is 13.8 Å². The molecule has 5 nitrogen and oxygen atoms in total. The number of benzene rings is 1. The zero-order valence-electron chi connectivity index (χ0n) is 13.7. The smallest absolute Gasteiger partial charge is 0.195 e. The molecule has 0 aromatic heterocycles. The summed E-state index contributed by atoms with van der Waals surface area (Å²) in [6.45, 7) is 8.07. The van der Waals surface area contributed by atoms with E-state index in [0.717, 1.165) is 31.2 Å². The minimum absolute atomic E-state index is 0.651. The van der Waals surface area contributed by atoms with Crippen LogP contribution in [0.2, 0.25) is 0 Å². The van der Waals surface area contributed by atoms with Crippen LogP contribution in [0.1, 0.15) is 27.2 Å². The number of anilines is 1. The van der Waals surface area contributed by atoms with Gasteiger partial charge in [-0.25, -0.2) is 0 Å². The lowest BCUT2D eigenvalue weighted by Gasteiger charge is -2.14. The van der Waals surface area contributed by atoms with Crippen molar-refractivity contribution in [3.63, 3.8) is 0 Å². The Morgan fingerprint density at radius 2 is 1.90 bits per heavy atom.